The van der Waals surface area contributed by atoms with Crippen molar-refractivity contribution in [3.8, 4) is 0 Å². The van der Waals surface area contributed by atoms with Crippen LogP contribution in [0.4, 0.5) is 5.69 Å². The van der Waals surface area contributed by atoms with Crippen molar-refractivity contribution in [3.63, 3.8) is 0 Å². The molecule has 1 aromatic carbocycles. The van der Waals surface area contributed by atoms with Crippen LogP contribution in [0.25, 0.3) is 10.9 Å². The van der Waals surface area contributed by atoms with Crippen molar-refractivity contribution in [1.29, 1.82) is 0 Å². The fourth-order valence-electron chi connectivity index (χ4n) is 1.83. The SMILES string of the molecule is COCCOCCCOC(=O)c1n[nH]c2ccc(N)cc12. The Hall–Kier alpha value is -2.12. The zero-order chi connectivity index (χ0) is 15.1. The number of fused-ring (bicyclic) bond motifs is 1. The zero-order valence-corrected chi connectivity index (χ0v) is 11.9. The monoisotopic (exact) mass is 293 g/mol. The number of nitrogen functional groups attached to an aromatic ring is 1. The molecule has 0 fully saturated rings. The minimum atomic E-state index is -0.469. The maximum atomic E-state index is 12.0. The van der Waals surface area contributed by atoms with E-state index in [9.17, 15) is 4.79 Å². The molecule has 1 heterocycles. The Labute approximate surface area is 122 Å². The highest BCUT2D eigenvalue weighted by molar-refractivity contribution is 6.02. The summed E-state index contributed by atoms with van der Waals surface area (Å²) in [7, 11) is 1.62. The van der Waals surface area contributed by atoms with Gasteiger partial charge in [0.25, 0.3) is 0 Å². The third-order valence-electron chi connectivity index (χ3n) is 2.88. The Morgan fingerprint density at radius 3 is 2.95 bits per heavy atom. The third-order valence-corrected chi connectivity index (χ3v) is 2.88. The van der Waals surface area contributed by atoms with Crippen molar-refractivity contribution in [1.82, 2.24) is 10.2 Å². The highest BCUT2D eigenvalue weighted by Gasteiger charge is 2.15. The van der Waals surface area contributed by atoms with E-state index in [1.165, 1.54) is 0 Å². The number of nitrogens with one attached hydrogen (secondary N) is 1. The van der Waals surface area contributed by atoms with Crippen LogP contribution >= 0.6 is 0 Å². The topological polar surface area (TPSA) is 99.5 Å². The second kappa shape index (κ2) is 7.61. The average molecular weight is 293 g/mol. The Bertz CT molecular complexity index is 597. The van der Waals surface area contributed by atoms with Gasteiger partial charge in [-0.15, -0.1) is 0 Å². The summed E-state index contributed by atoms with van der Waals surface area (Å²) in [5.74, 6) is -0.469. The Morgan fingerprint density at radius 2 is 2.14 bits per heavy atom. The van der Waals surface area contributed by atoms with Crippen LogP contribution in [0.5, 0.6) is 0 Å². The van der Waals surface area contributed by atoms with Gasteiger partial charge in [0, 0.05) is 31.2 Å². The summed E-state index contributed by atoms with van der Waals surface area (Å²) in [6.07, 6.45) is 0.625. The van der Waals surface area contributed by atoms with Crippen LogP contribution < -0.4 is 5.73 Å². The summed E-state index contributed by atoms with van der Waals surface area (Å²) in [5.41, 5.74) is 7.28. The second-order valence-electron chi connectivity index (χ2n) is 4.47. The van der Waals surface area contributed by atoms with Gasteiger partial charge in [0.2, 0.25) is 0 Å². The van der Waals surface area contributed by atoms with Crippen molar-refractivity contribution in [3.05, 3.63) is 23.9 Å². The number of carbonyl (C=O) groups is 1. The average Bonchev–Trinajstić information content (AvgIpc) is 2.89. The van der Waals surface area contributed by atoms with Crippen LogP contribution in [0, 0.1) is 0 Å². The predicted molar refractivity (Wildman–Crippen MR) is 78.1 cm³/mol. The number of hydrogen-bond donors (Lipinski definition) is 2. The molecule has 0 spiro atoms. The van der Waals surface area contributed by atoms with Gasteiger partial charge in [0.15, 0.2) is 5.69 Å². The number of aromatic nitrogens is 2. The van der Waals surface area contributed by atoms with E-state index in [2.05, 4.69) is 10.2 Å². The number of esters is 1. The first kappa shape index (κ1) is 15.3. The lowest BCUT2D eigenvalue weighted by Gasteiger charge is -2.04. The Balaban J connectivity index is 1.81. The number of H-pyrrole nitrogens is 1. The van der Waals surface area contributed by atoms with Crippen LogP contribution in [0.2, 0.25) is 0 Å². The van der Waals surface area contributed by atoms with Gasteiger partial charge in [0.05, 0.1) is 25.3 Å². The summed E-state index contributed by atoms with van der Waals surface area (Å²) in [5, 5.41) is 7.41. The van der Waals surface area contributed by atoms with Crippen molar-refractivity contribution in [2.75, 3.05) is 39.3 Å². The quantitative estimate of drug-likeness (QED) is 0.433. The first-order valence-electron chi connectivity index (χ1n) is 6.70. The van der Waals surface area contributed by atoms with E-state index in [1.54, 1.807) is 25.3 Å². The van der Waals surface area contributed by atoms with Crippen LogP contribution in [-0.2, 0) is 14.2 Å². The Kier molecular flexibility index (Phi) is 5.53. The minimum absolute atomic E-state index is 0.248. The number of anilines is 1. The number of rotatable bonds is 8. The lowest BCUT2D eigenvalue weighted by molar-refractivity contribution is 0.0382. The van der Waals surface area contributed by atoms with Gasteiger partial charge in [-0.25, -0.2) is 4.79 Å². The number of ether oxygens (including phenoxy) is 3. The van der Waals surface area contributed by atoms with E-state index in [0.717, 1.165) is 5.52 Å². The number of methoxy groups -OCH3 is 1. The molecule has 0 radical (unpaired) electrons. The number of hydrogen-bond acceptors (Lipinski definition) is 6. The molecule has 114 valence electrons. The fourth-order valence-corrected chi connectivity index (χ4v) is 1.83. The van der Waals surface area contributed by atoms with Crippen LogP contribution in [0.3, 0.4) is 0 Å². The molecule has 21 heavy (non-hydrogen) atoms. The van der Waals surface area contributed by atoms with E-state index in [0.29, 0.717) is 37.3 Å². The number of aromatic amines is 1. The maximum Gasteiger partial charge on any atom is 0.359 e. The zero-order valence-electron chi connectivity index (χ0n) is 11.9. The molecule has 7 nitrogen and oxygen atoms in total. The van der Waals surface area contributed by atoms with Gasteiger partial charge in [-0.1, -0.05) is 0 Å². The summed E-state index contributed by atoms with van der Waals surface area (Å²) in [6, 6.07) is 5.22. The van der Waals surface area contributed by atoms with Crippen molar-refractivity contribution < 1.29 is 19.0 Å². The molecular formula is C14H19N3O4. The minimum Gasteiger partial charge on any atom is -0.461 e. The molecule has 0 aliphatic rings. The molecule has 3 N–H and O–H groups in total. The normalized spacial score (nSPS) is 10.9. The second-order valence-corrected chi connectivity index (χ2v) is 4.47. The lowest BCUT2D eigenvalue weighted by atomic mass is 10.2. The summed E-state index contributed by atoms with van der Waals surface area (Å²) < 4.78 is 15.3. The molecular weight excluding hydrogens is 274 g/mol. The summed E-state index contributed by atoms with van der Waals surface area (Å²) in [4.78, 5) is 12.0. The first-order valence-corrected chi connectivity index (χ1v) is 6.70. The van der Waals surface area contributed by atoms with E-state index in [1.807, 2.05) is 0 Å². The molecule has 0 saturated heterocycles. The molecule has 2 aromatic rings. The van der Waals surface area contributed by atoms with Gasteiger partial charge in [-0.3, -0.25) is 5.10 Å². The molecule has 2 rings (SSSR count). The molecule has 0 amide bonds. The van der Waals surface area contributed by atoms with Gasteiger partial charge in [-0.2, -0.15) is 5.10 Å². The summed E-state index contributed by atoms with van der Waals surface area (Å²) >= 11 is 0. The Morgan fingerprint density at radius 1 is 1.29 bits per heavy atom. The maximum absolute atomic E-state index is 12.0. The molecule has 0 atom stereocenters. The van der Waals surface area contributed by atoms with Gasteiger partial charge < -0.3 is 19.9 Å². The molecule has 0 bridgehead atoms. The lowest BCUT2D eigenvalue weighted by Crippen LogP contribution is -2.10. The van der Waals surface area contributed by atoms with E-state index in [4.69, 9.17) is 19.9 Å². The number of carbonyl (C=O) groups excluding carboxylic acids is 1. The number of nitrogens with zero attached hydrogens (tertiary/aromatic N) is 1. The molecule has 7 heteroatoms. The first-order chi connectivity index (χ1) is 10.2. The van der Waals surface area contributed by atoms with Crippen LogP contribution in [-0.4, -0.2) is 49.7 Å². The highest BCUT2D eigenvalue weighted by Crippen LogP contribution is 2.19. The van der Waals surface area contributed by atoms with Gasteiger partial charge in [-0.05, 0) is 18.2 Å². The largest absolute Gasteiger partial charge is 0.461 e. The van der Waals surface area contributed by atoms with Crippen LogP contribution in [0.1, 0.15) is 16.9 Å². The van der Waals surface area contributed by atoms with Gasteiger partial charge >= 0.3 is 5.97 Å². The van der Waals surface area contributed by atoms with Crippen molar-refractivity contribution >= 4 is 22.6 Å². The molecule has 0 saturated carbocycles. The van der Waals surface area contributed by atoms with E-state index in [-0.39, 0.29) is 12.3 Å². The summed E-state index contributed by atoms with van der Waals surface area (Å²) in [6.45, 7) is 1.89. The number of benzene rings is 1. The molecule has 0 aliphatic carbocycles. The highest BCUT2D eigenvalue weighted by atomic mass is 16.5. The number of nitrogens with two attached hydrogens (primary N) is 1. The smallest absolute Gasteiger partial charge is 0.359 e. The van der Waals surface area contributed by atoms with Gasteiger partial charge in [0.1, 0.15) is 0 Å². The standard InChI is InChI=1S/C14H19N3O4/c1-19-7-8-20-5-2-6-21-14(18)13-11-9-10(15)3-4-12(11)16-17-13/h3-4,9H,2,5-8,15H2,1H3,(H,16,17). The van der Waals surface area contributed by atoms with Crippen LogP contribution in [0.15, 0.2) is 18.2 Å². The third kappa shape index (κ3) is 4.17. The van der Waals surface area contributed by atoms with Crippen molar-refractivity contribution in [2.24, 2.45) is 0 Å². The molecule has 1 aromatic heterocycles. The van der Waals surface area contributed by atoms with E-state index >= 15 is 0 Å². The van der Waals surface area contributed by atoms with E-state index < -0.39 is 5.97 Å². The fraction of sp³-hybridized carbons (Fsp3) is 0.429. The predicted octanol–water partition coefficient (Wildman–Crippen LogP) is 1.35. The van der Waals surface area contributed by atoms with Crippen molar-refractivity contribution in [2.45, 2.75) is 6.42 Å². The molecule has 0 unspecified atom stereocenters. The molecule has 0 aliphatic heterocycles.